The van der Waals surface area contributed by atoms with Gasteiger partial charge in [0.05, 0.1) is 24.7 Å². The number of benzene rings is 1. The number of aromatic nitrogens is 3. The molecule has 0 aliphatic rings. The van der Waals surface area contributed by atoms with Crippen molar-refractivity contribution < 1.29 is 9.53 Å². The minimum absolute atomic E-state index is 0.379. The van der Waals surface area contributed by atoms with E-state index < -0.39 is 0 Å². The summed E-state index contributed by atoms with van der Waals surface area (Å²) in [5.74, 6) is -0.379. The molecular formula is C20H22N4O2. The van der Waals surface area contributed by atoms with Crippen molar-refractivity contribution in [2.75, 3.05) is 20.7 Å². The highest BCUT2D eigenvalue weighted by Gasteiger charge is 2.10. The molecule has 0 N–H and O–H groups in total. The van der Waals surface area contributed by atoms with E-state index in [1.807, 2.05) is 16.8 Å². The number of rotatable bonds is 7. The largest absolute Gasteiger partial charge is 0.465 e. The molecule has 0 atom stereocenters. The van der Waals surface area contributed by atoms with E-state index in [1.165, 1.54) is 12.7 Å². The SMILES string of the molecule is COC(=O)c1ccnc(-c2cn(CCN(C)Cc3ccccc3)cn2)c1. The second-order valence-corrected chi connectivity index (χ2v) is 6.14. The molecule has 0 unspecified atom stereocenters. The summed E-state index contributed by atoms with van der Waals surface area (Å²) < 4.78 is 6.78. The second kappa shape index (κ2) is 8.40. The van der Waals surface area contributed by atoms with Crippen LogP contribution in [0.2, 0.25) is 0 Å². The Hall–Kier alpha value is -2.99. The van der Waals surface area contributed by atoms with Gasteiger partial charge in [0.2, 0.25) is 0 Å². The van der Waals surface area contributed by atoms with Gasteiger partial charge in [0.1, 0.15) is 5.69 Å². The smallest absolute Gasteiger partial charge is 0.337 e. The molecule has 0 spiro atoms. The summed E-state index contributed by atoms with van der Waals surface area (Å²) in [6.07, 6.45) is 5.33. The van der Waals surface area contributed by atoms with Gasteiger partial charge in [0, 0.05) is 32.0 Å². The predicted molar refractivity (Wildman–Crippen MR) is 99.6 cm³/mol. The third kappa shape index (κ3) is 4.55. The van der Waals surface area contributed by atoms with Gasteiger partial charge in [0.15, 0.2) is 0 Å². The van der Waals surface area contributed by atoms with Gasteiger partial charge >= 0.3 is 5.97 Å². The van der Waals surface area contributed by atoms with Crippen molar-refractivity contribution in [1.82, 2.24) is 19.4 Å². The summed E-state index contributed by atoms with van der Waals surface area (Å²) in [7, 11) is 3.47. The average Bonchev–Trinajstić information content (AvgIpc) is 3.16. The second-order valence-electron chi connectivity index (χ2n) is 6.14. The van der Waals surface area contributed by atoms with Gasteiger partial charge in [0.25, 0.3) is 0 Å². The molecular weight excluding hydrogens is 328 g/mol. The highest BCUT2D eigenvalue weighted by Crippen LogP contribution is 2.16. The Labute approximate surface area is 153 Å². The molecule has 2 aromatic heterocycles. The van der Waals surface area contributed by atoms with Crippen LogP contribution in [0.1, 0.15) is 15.9 Å². The van der Waals surface area contributed by atoms with Crippen LogP contribution in [0.4, 0.5) is 0 Å². The maximum Gasteiger partial charge on any atom is 0.337 e. The first-order valence-electron chi connectivity index (χ1n) is 8.44. The van der Waals surface area contributed by atoms with E-state index in [9.17, 15) is 4.79 Å². The minimum atomic E-state index is -0.379. The Balaban J connectivity index is 1.60. The highest BCUT2D eigenvalue weighted by molar-refractivity contribution is 5.90. The molecule has 0 bridgehead atoms. The molecule has 0 aliphatic carbocycles. The first kappa shape index (κ1) is 17.8. The van der Waals surface area contributed by atoms with Crippen LogP contribution in [0.25, 0.3) is 11.4 Å². The van der Waals surface area contributed by atoms with Crippen LogP contribution in [-0.2, 0) is 17.8 Å². The number of ether oxygens (including phenoxy) is 1. The number of carbonyl (C=O) groups is 1. The van der Waals surface area contributed by atoms with E-state index in [0.29, 0.717) is 11.3 Å². The van der Waals surface area contributed by atoms with Crippen molar-refractivity contribution in [2.45, 2.75) is 13.1 Å². The number of nitrogens with zero attached hydrogens (tertiary/aromatic N) is 4. The average molecular weight is 350 g/mol. The van der Waals surface area contributed by atoms with E-state index >= 15 is 0 Å². The van der Waals surface area contributed by atoms with Gasteiger partial charge in [-0.1, -0.05) is 30.3 Å². The standard InChI is InChI=1S/C20H22N4O2/c1-23(13-16-6-4-3-5-7-16)10-11-24-14-19(22-15-24)18-12-17(8-9-21-18)20(25)26-2/h3-9,12,14-15H,10-11,13H2,1-2H3. The van der Waals surface area contributed by atoms with Crippen molar-refractivity contribution in [3.8, 4) is 11.4 Å². The summed E-state index contributed by atoms with van der Waals surface area (Å²) in [5, 5.41) is 0. The van der Waals surface area contributed by atoms with E-state index in [-0.39, 0.29) is 5.97 Å². The summed E-state index contributed by atoms with van der Waals surface area (Å²) in [6.45, 7) is 2.64. The molecule has 2 heterocycles. The molecule has 6 nitrogen and oxygen atoms in total. The number of pyridine rings is 1. The lowest BCUT2D eigenvalue weighted by molar-refractivity contribution is 0.0600. The Morgan fingerprint density at radius 1 is 1.15 bits per heavy atom. The molecule has 3 aromatic rings. The maximum atomic E-state index is 11.6. The highest BCUT2D eigenvalue weighted by atomic mass is 16.5. The zero-order valence-corrected chi connectivity index (χ0v) is 15.0. The third-order valence-electron chi connectivity index (χ3n) is 4.11. The molecule has 0 aliphatic heterocycles. The number of esters is 1. The predicted octanol–water partition coefficient (Wildman–Crippen LogP) is 2.86. The topological polar surface area (TPSA) is 60.2 Å². The van der Waals surface area contributed by atoms with Gasteiger partial charge in [-0.15, -0.1) is 0 Å². The minimum Gasteiger partial charge on any atom is -0.465 e. The quantitative estimate of drug-likeness (QED) is 0.613. The molecule has 0 radical (unpaired) electrons. The lowest BCUT2D eigenvalue weighted by atomic mass is 10.2. The number of methoxy groups -OCH3 is 1. The lowest BCUT2D eigenvalue weighted by Gasteiger charge is -2.16. The zero-order chi connectivity index (χ0) is 18.4. The van der Waals surface area contributed by atoms with Gasteiger partial charge < -0.3 is 14.2 Å². The summed E-state index contributed by atoms with van der Waals surface area (Å²) >= 11 is 0. The van der Waals surface area contributed by atoms with Crippen molar-refractivity contribution >= 4 is 5.97 Å². The Kier molecular flexibility index (Phi) is 5.76. The molecule has 3 rings (SSSR count). The van der Waals surface area contributed by atoms with Gasteiger partial charge in [-0.25, -0.2) is 9.78 Å². The first-order valence-corrected chi connectivity index (χ1v) is 8.44. The molecule has 0 saturated carbocycles. The van der Waals surface area contributed by atoms with Crippen molar-refractivity contribution in [3.05, 3.63) is 72.3 Å². The summed E-state index contributed by atoms with van der Waals surface area (Å²) in [5.41, 5.74) is 3.16. The Bertz CT molecular complexity index is 861. The lowest BCUT2D eigenvalue weighted by Crippen LogP contribution is -2.22. The fourth-order valence-corrected chi connectivity index (χ4v) is 2.69. The molecule has 6 heteroatoms. The fourth-order valence-electron chi connectivity index (χ4n) is 2.69. The Morgan fingerprint density at radius 3 is 2.73 bits per heavy atom. The number of hydrogen-bond acceptors (Lipinski definition) is 5. The zero-order valence-electron chi connectivity index (χ0n) is 15.0. The van der Waals surface area contributed by atoms with Crippen LogP contribution in [0.15, 0.2) is 61.2 Å². The van der Waals surface area contributed by atoms with Crippen LogP contribution in [0, 0.1) is 0 Å². The van der Waals surface area contributed by atoms with Gasteiger partial charge in [-0.05, 0) is 24.7 Å². The maximum absolute atomic E-state index is 11.6. The van der Waals surface area contributed by atoms with Crippen molar-refractivity contribution in [1.29, 1.82) is 0 Å². The van der Waals surface area contributed by atoms with E-state index in [0.717, 1.165) is 25.3 Å². The Morgan fingerprint density at radius 2 is 1.96 bits per heavy atom. The third-order valence-corrected chi connectivity index (χ3v) is 4.11. The molecule has 0 saturated heterocycles. The van der Waals surface area contributed by atoms with Gasteiger partial charge in [-0.2, -0.15) is 0 Å². The number of imidazole rings is 1. The van der Waals surface area contributed by atoms with Crippen LogP contribution in [0.5, 0.6) is 0 Å². The van der Waals surface area contributed by atoms with Crippen molar-refractivity contribution in [3.63, 3.8) is 0 Å². The normalized spacial score (nSPS) is 10.9. The number of carbonyl (C=O) groups excluding carboxylic acids is 1. The van der Waals surface area contributed by atoms with Crippen LogP contribution < -0.4 is 0 Å². The fraction of sp³-hybridized carbons (Fsp3) is 0.250. The van der Waals surface area contributed by atoms with Crippen LogP contribution in [-0.4, -0.2) is 46.1 Å². The molecule has 0 amide bonds. The molecule has 26 heavy (non-hydrogen) atoms. The van der Waals surface area contributed by atoms with E-state index in [4.69, 9.17) is 4.74 Å². The molecule has 134 valence electrons. The van der Waals surface area contributed by atoms with E-state index in [1.54, 1.807) is 24.7 Å². The van der Waals surface area contributed by atoms with Crippen molar-refractivity contribution in [2.24, 2.45) is 0 Å². The monoisotopic (exact) mass is 350 g/mol. The van der Waals surface area contributed by atoms with Crippen LogP contribution in [0.3, 0.4) is 0 Å². The number of likely N-dealkylation sites (N-methyl/N-ethyl adjacent to an activating group) is 1. The van der Waals surface area contributed by atoms with Crippen LogP contribution >= 0.6 is 0 Å². The number of hydrogen-bond donors (Lipinski definition) is 0. The molecule has 1 aromatic carbocycles. The summed E-state index contributed by atoms with van der Waals surface area (Å²) in [6, 6.07) is 13.7. The molecule has 0 fully saturated rings. The van der Waals surface area contributed by atoms with E-state index in [2.05, 4.69) is 46.2 Å². The van der Waals surface area contributed by atoms with Gasteiger partial charge in [-0.3, -0.25) is 4.98 Å². The summed E-state index contributed by atoms with van der Waals surface area (Å²) in [4.78, 5) is 22.6. The first-order chi connectivity index (χ1) is 12.7.